The fourth-order valence-corrected chi connectivity index (χ4v) is 2.65. The van der Waals surface area contributed by atoms with Crippen LogP contribution in [0.4, 0.5) is 0 Å². The Hall–Kier alpha value is -0.670. The molecule has 1 fully saturated rings. The first-order chi connectivity index (χ1) is 9.11. The van der Waals surface area contributed by atoms with E-state index in [1.807, 2.05) is 31.2 Å². The Bertz CT molecular complexity index is 425. The van der Waals surface area contributed by atoms with Crippen LogP contribution in [0.1, 0.15) is 43.5 Å². The minimum atomic E-state index is -0.0123. The molecule has 104 valence electrons. The van der Waals surface area contributed by atoms with Crippen LogP contribution < -0.4 is 0 Å². The van der Waals surface area contributed by atoms with Gasteiger partial charge in [-0.2, -0.15) is 0 Å². The van der Waals surface area contributed by atoms with Gasteiger partial charge in [-0.15, -0.1) is 0 Å². The summed E-state index contributed by atoms with van der Waals surface area (Å²) in [6.07, 6.45) is 3.77. The van der Waals surface area contributed by atoms with Crippen molar-refractivity contribution < 1.29 is 4.79 Å². The summed E-state index contributed by atoms with van der Waals surface area (Å²) in [6, 6.07) is 7.67. The van der Waals surface area contributed by atoms with E-state index in [9.17, 15) is 4.79 Å². The lowest BCUT2D eigenvalue weighted by Crippen LogP contribution is -2.40. The van der Waals surface area contributed by atoms with Crippen LogP contribution in [-0.2, 0) is 0 Å². The molecule has 19 heavy (non-hydrogen) atoms. The van der Waals surface area contributed by atoms with Crippen molar-refractivity contribution in [2.75, 3.05) is 13.1 Å². The summed E-state index contributed by atoms with van der Waals surface area (Å²) in [5.41, 5.74) is 0.813. The number of hydrogen-bond donors (Lipinski definition) is 0. The summed E-state index contributed by atoms with van der Waals surface area (Å²) in [7, 11) is 0. The summed E-state index contributed by atoms with van der Waals surface area (Å²) in [6.45, 7) is 6.32. The third kappa shape index (κ3) is 4.15. The third-order valence-electron chi connectivity index (χ3n) is 3.76. The van der Waals surface area contributed by atoms with Crippen molar-refractivity contribution >= 4 is 21.7 Å². The van der Waals surface area contributed by atoms with Crippen molar-refractivity contribution in [3.8, 4) is 0 Å². The summed E-state index contributed by atoms with van der Waals surface area (Å²) >= 11 is 3.40. The van der Waals surface area contributed by atoms with Crippen molar-refractivity contribution in [1.29, 1.82) is 0 Å². The van der Waals surface area contributed by atoms with E-state index >= 15 is 0 Å². The van der Waals surface area contributed by atoms with Gasteiger partial charge in [-0.25, -0.2) is 0 Å². The van der Waals surface area contributed by atoms with Gasteiger partial charge in [0.2, 0.25) is 0 Å². The summed E-state index contributed by atoms with van der Waals surface area (Å²) in [5, 5.41) is 0. The van der Waals surface area contributed by atoms with Gasteiger partial charge in [-0.1, -0.05) is 35.0 Å². The molecule has 1 saturated carbocycles. The lowest BCUT2D eigenvalue weighted by Gasteiger charge is -2.27. The number of carbonyl (C=O) groups excluding carboxylic acids is 1. The van der Waals surface area contributed by atoms with E-state index in [1.165, 1.54) is 12.8 Å². The summed E-state index contributed by atoms with van der Waals surface area (Å²) in [5.74, 6) is 1.06. The minimum absolute atomic E-state index is 0.0123. The van der Waals surface area contributed by atoms with Crippen LogP contribution >= 0.6 is 15.9 Å². The topological polar surface area (TPSA) is 20.3 Å². The first-order valence-electron chi connectivity index (χ1n) is 7.15. The van der Waals surface area contributed by atoms with Crippen molar-refractivity contribution in [2.24, 2.45) is 5.92 Å². The molecule has 0 N–H and O–H groups in total. The molecule has 1 aliphatic rings. The Morgan fingerprint density at radius 2 is 2.00 bits per heavy atom. The molecule has 1 aromatic carbocycles. The largest absolute Gasteiger partial charge is 0.293 e. The zero-order chi connectivity index (χ0) is 13.8. The Labute approximate surface area is 124 Å². The molecule has 0 radical (unpaired) electrons. The molecule has 0 aromatic heterocycles. The number of halogens is 1. The molecule has 1 aliphatic carbocycles. The van der Waals surface area contributed by atoms with Crippen molar-refractivity contribution in [1.82, 2.24) is 4.90 Å². The minimum Gasteiger partial charge on any atom is -0.293 e. The smallest absolute Gasteiger partial charge is 0.179 e. The number of rotatable bonds is 7. The van der Waals surface area contributed by atoms with E-state index in [2.05, 4.69) is 27.8 Å². The molecule has 1 aromatic rings. The fraction of sp³-hybridized carbons (Fsp3) is 0.562. The summed E-state index contributed by atoms with van der Waals surface area (Å²) < 4.78 is 1.01. The second-order valence-electron chi connectivity index (χ2n) is 5.49. The predicted octanol–water partition coefficient (Wildman–Crippen LogP) is 4.14. The van der Waals surface area contributed by atoms with Gasteiger partial charge in [0.05, 0.1) is 6.04 Å². The van der Waals surface area contributed by atoms with E-state index in [0.717, 1.165) is 35.5 Å². The van der Waals surface area contributed by atoms with E-state index in [0.29, 0.717) is 0 Å². The first-order valence-corrected chi connectivity index (χ1v) is 7.95. The van der Waals surface area contributed by atoms with Gasteiger partial charge in [0, 0.05) is 16.6 Å². The molecule has 0 spiro atoms. The van der Waals surface area contributed by atoms with Gasteiger partial charge >= 0.3 is 0 Å². The molecule has 2 nitrogen and oxygen atoms in total. The van der Waals surface area contributed by atoms with Crippen LogP contribution in [0, 0.1) is 5.92 Å². The Kier molecular flexibility index (Phi) is 5.17. The highest BCUT2D eigenvalue weighted by molar-refractivity contribution is 9.10. The van der Waals surface area contributed by atoms with Gasteiger partial charge < -0.3 is 0 Å². The second-order valence-corrected chi connectivity index (χ2v) is 6.40. The highest BCUT2D eigenvalue weighted by Crippen LogP contribution is 2.30. The maximum atomic E-state index is 12.5. The average molecular weight is 324 g/mol. The van der Waals surface area contributed by atoms with Gasteiger partial charge in [0.1, 0.15) is 0 Å². The van der Waals surface area contributed by atoms with Crippen molar-refractivity contribution in [3.05, 3.63) is 34.3 Å². The Balaban J connectivity index is 2.04. The molecule has 0 aliphatic heterocycles. The number of ketones is 1. The molecule has 3 heteroatoms. The highest BCUT2D eigenvalue weighted by Gasteiger charge is 2.29. The van der Waals surface area contributed by atoms with Gasteiger partial charge in [-0.05, 0) is 50.8 Å². The number of Topliss-reactive ketones (excluding diaryl/α,β-unsaturated/α-hetero) is 1. The lowest BCUT2D eigenvalue weighted by atomic mass is 10.0. The van der Waals surface area contributed by atoms with Gasteiger partial charge in [0.15, 0.2) is 5.78 Å². The molecule has 0 saturated heterocycles. The predicted molar refractivity (Wildman–Crippen MR) is 82.5 cm³/mol. The zero-order valence-corrected chi connectivity index (χ0v) is 13.3. The quantitative estimate of drug-likeness (QED) is 0.703. The zero-order valence-electron chi connectivity index (χ0n) is 11.7. The maximum Gasteiger partial charge on any atom is 0.179 e. The normalized spacial score (nSPS) is 16.6. The monoisotopic (exact) mass is 323 g/mol. The molecule has 1 unspecified atom stereocenters. The lowest BCUT2D eigenvalue weighted by molar-refractivity contribution is 0.0831. The Morgan fingerprint density at radius 3 is 2.53 bits per heavy atom. The molecular weight excluding hydrogens is 302 g/mol. The fourth-order valence-electron chi connectivity index (χ4n) is 2.38. The maximum absolute atomic E-state index is 12.5. The molecule has 1 atom stereocenters. The van der Waals surface area contributed by atoms with Crippen LogP contribution in [0.25, 0.3) is 0 Å². The third-order valence-corrected chi connectivity index (χ3v) is 4.29. The first kappa shape index (κ1) is 14.7. The van der Waals surface area contributed by atoms with Crippen LogP contribution in [-0.4, -0.2) is 29.8 Å². The highest BCUT2D eigenvalue weighted by atomic mass is 79.9. The van der Waals surface area contributed by atoms with Crippen LogP contribution in [0.2, 0.25) is 0 Å². The molecular formula is C16H22BrNO. The van der Waals surface area contributed by atoms with Crippen LogP contribution in [0.15, 0.2) is 28.7 Å². The van der Waals surface area contributed by atoms with E-state index in [1.54, 1.807) is 0 Å². The number of benzene rings is 1. The Morgan fingerprint density at radius 1 is 1.37 bits per heavy atom. The standard InChI is InChI=1S/C16H22BrNO/c1-3-10-18(11-13-4-5-13)12(2)16(19)14-6-8-15(17)9-7-14/h6-9,12-13H,3-5,10-11H2,1-2H3. The van der Waals surface area contributed by atoms with E-state index in [-0.39, 0.29) is 11.8 Å². The number of carbonyl (C=O) groups is 1. The molecule has 0 bridgehead atoms. The molecule has 2 rings (SSSR count). The second kappa shape index (κ2) is 6.67. The van der Waals surface area contributed by atoms with E-state index in [4.69, 9.17) is 0 Å². The van der Waals surface area contributed by atoms with Crippen LogP contribution in [0.3, 0.4) is 0 Å². The van der Waals surface area contributed by atoms with E-state index < -0.39 is 0 Å². The van der Waals surface area contributed by atoms with Crippen LogP contribution in [0.5, 0.6) is 0 Å². The molecule has 0 amide bonds. The van der Waals surface area contributed by atoms with Crippen molar-refractivity contribution in [2.45, 2.75) is 39.2 Å². The SMILES string of the molecule is CCCN(CC1CC1)C(C)C(=O)c1ccc(Br)cc1. The summed E-state index contributed by atoms with van der Waals surface area (Å²) in [4.78, 5) is 14.9. The number of hydrogen-bond acceptors (Lipinski definition) is 2. The van der Waals surface area contributed by atoms with Gasteiger partial charge in [0.25, 0.3) is 0 Å². The average Bonchev–Trinajstić information content (AvgIpc) is 3.21. The number of nitrogens with zero attached hydrogens (tertiary/aromatic N) is 1. The molecule has 0 heterocycles. The van der Waals surface area contributed by atoms with Crippen molar-refractivity contribution in [3.63, 3.8) is 0 Å². The van der Waals surface area contributed by atoms with Gasteiger partial charge in [-0.3, -0.25) is 9.69 Å².